The third-order valence-electron chi connectivity index (χ3n) is 6.50. The second kappa shape index (κ2) is 17.7. The highest BCUT2D eigenvalue weighted by Gasteiger charge is 2.56. The highest BCUT2D eigenvalue weighted by atomic mass is 16.6. The van der Waals surface area contributed by atoms with Crippen LogP contribution < -0.4 is 5.32 Å². The van der Waals surface area contributed by atoms with Crippen LogP contribution in [0.5, 0.6) is 0 Å². The van der Waals surface area contributed by atoms with Crippen molar-refractivity contribution in [3.63, 3.8) is 0 Å². The summed E-state index contributed by atoms with van der Waals surface area (Å²) in [6, 6.07) is 5.88. The van der Waals surface area contributed by atoms with Crippen LogP contribution >= 0.6 is 0 Å². The molecule has 1 aromatic rings. The molecule has 0 saturated carbocycles. The monoisotopic (exact) mass is 678 g/mol. The van der Waals surface area contributed by atoms with Gasteiger partial charge in [0.15, 0.2) is 18.3 Å². The quantitative estimate of drug-likeness (QED) is 0.203. The molecule has 2 amide bonds. The van der Waals surface area contributed by atoms with E-state index in [1.165, 1.54) is 6.08 Å². The number of amides is 2. The summed E-state index contributed by atoms with van der Waals surface area (Å²) in [5.74, 6) is -4.35. The number of methoxy groups -OCH3 is 1. The van der Waals surface area contributed by atoms with Gasteiger partial charge in [0.2, 0.25) is 0 Å². The van der Waals surface area contributed by atoms with E-state index < -0.39 is 90.3 Å². The number of carbonyl (C=O) groups is 7. The van der Waals surface area contributed by atoms with Gasteiger partial charge in [0.1, 0.15) is 30.6 Å². The van der Waals surface area contributed by atoms with Crippen molar-refractivity contribution in [3.05, 3.63) is 47.7 Å². The van der Waals surface area contributed by atoms with Crippen molar-refractivity contribution in [2.75, 3.05) is 13.7 Å². The summed E-state index contributed by atoms with van der Waals surface area (Å²) < 4.78 is 37.5. The Balaban J connectivity index is 2.77. The van der Waals surface area contributed by atoms with Crippen LogP contribution in [0.1, 0.15) is 60.5 Å². The molecule has 264 valence electrons. The van der Waals surface area contributed by atoms with Crippen molar-refractivity contribution in [1.29, 1.82) is 0 Å². The summed E-state index contributed by atoms with van der Waals surface area (Å²) in [6.45, 7) is 8.31. The third kappa shape index (κ3) is 12.2. The van der Waals surface area contributed by atoms with Gasteiger partial charge >= 0.3 is 42.0 Å². The SMILES string of the molecule is COC(=O)/C(=C\C[C@@H]1[C@H](OC(C)=O)[C@@H](OC(C)=O)[C@H](OC(C)=O)[C@@H](COC(C)=O)N1C(=O)OCc1ccccc1)NC(=O)OC(C)(C)C. The number of ether oxygens (including phenoxy) is 7. The maximum Gasteiger partial charge on any atom is 0.412 e. The summed E-state index contributed by atoms with van der Waals surface area (Å²) in [5, 5.41) is 2.30. The van der Waals surface area contributed by atoms with E-state index in [2.05, 4.69) is 5.32 Å². The lowest BCUT2D eigenvalue weighted by Gasteiger charge is -2.50. The maximum absolute atomic E-state index is 14.0. The van der Waals surface area contributed by atoms with E-state index >= 15 is 0 Å². The van der Waals surface area contributed by atoms with Gasteiger partial charge in [-0.1, -0.05) is 36.4 Å². The van der Waals surface area contributed by atoms with Gasteiger partial charge in [-0.15, -0.1) is 0 Å². The molecule has 16 heteroatoms. The Hall–Kier alpha value is -5.15. The summed E-state index contributed by atoms with van der Waals surface area (Å²) >= 11 is 0. The number of carbonyl (C=O) groups excluding carboxylic acids is 7. The van der Waals surface area contributed by atoms with Crippen LogP contribution in [0.2, 0.25) is 0 Å². The van der Waals surface area contributed by atoms with Gasteiger partial charge in [-0.25, -0.2) is 14.4 Å². The van der Waals surface area contributed by atoms with Gasteiger partial charge in [0.05, 0.1) is 13.2 Å². The predicted molar refractivity (Wildman–Crippen MR) is 163 cm³/mol. The molecule has 0 spiro atoms. The average Bonchev–Trinajstić information content (AvgIpc) is 2.97. The number of hydrogen-bond donors (Lipinski definition) is 1. The smallest absolute Gasteiger partial charge is 0.412 e. The first-order valence-corrected chi connectivity index (χ1v) is 14.9. The second-order valence-electron chi connectivity index (χ2n) is 11.6. The van der Waals surface area contributed by atoms with E-state index in [4.69, 9.17) is 33.2 Å². The number of nitrogens with zero attached hydrogens (tertiary/aromatic N) is 1. The molecule has 0 aromatic heterocycles. The molecule has 0 unspecified atom stereocenters. The normalized spacial score (nSPS) is 20.8. The Morgan fingerprint density at radius 3 is 1.81 bits per heavy atom. The van der Waals surface area contributed by atoms with Crippen LogP contribution in [-0.4, -0.2) is 96.6 Å². The van der Waals surface area contributed by atoms with Crippen molar-refractivity contribution in [1.82, 2.24) is 10.2 Å². The molecule has 0 radical (unpaired) electrons. The van der Waals surface area contributed by atoms with Crippen molar-refractivity contribution in [3.8, 4) is 0 Å². The summed E-state index contributed by atoms with van der Waals surface area (Å²) in [5.41, 5.74) is -0.730. The van der Waals surface area contributed by atoms with Crippen molar-refractivity contribution in [2.45, 2.75) is 97.5 Å². The molecule has 1 fully saturated rings. The minimum absolute atomic E-state index is 0.226. The van der Waals surface area contributed by atoms with Crippen LogP contribution in [0.25, 0.3) is 0 Å². The fraction of sp³-hybridized carbons (Fsp3) is 0.531. The van der Waals surface area contributed by atoms with Crippen LogP contribution in [0.3, 0.4) is 0 Å². The molecule has 1 N–H and O–H groups in total. The van der Waals surface area contributed by atoms with E-state index in [9.17, 15) is 33.6 Å². The highest BCUT2D eigenvalue weighted by Crippen LogP contribution is 2.34. The number of benzene rings is 1. The van der Waals surface area contributed by atoms with Gasteiger partial charge in [-0.05, 0) is 32.8 Å². The molecule has 0 bridgehead atoms. The summed E-state index contributed by atoms with van der Waals surface area (Å²) in [4.78, 5) is 89.3. The Bertz CT molecular complexity index is 1370. The van der Waals surface area contributed by atoms with Gasteiger partial charge < -0.3 is 33.2 Å². The maximum atomic E-state index is 14.0. The van der Waals surface area contributed by atoms with E-state index in [1.807, 2.05) is 0 Å². The molecule has 48 heavy (non-hydrogen) atoms. The van der Waals surface area contributed by atoms with Gasteiger partial charge in [0, 0.05) is 27.7 Å². The van der Waals surface area contributed by atoms with Crippen LogP contribution in [0.4, 0.5) is 9.59 Å². The molecule has 1 heterocycles. The molecule has 1 aliphatic heterocycles. The van der Waals surface area contributed by atoms with Crippen molar-refractivity contribution >= 4 is 42.0 Å². The number of likely N-dealkylation sites (tertiary alicyclic amines) is 1. The Morgan fingerprint density at radius 2 is 1.31 bits per heavy atom. The largest absolute Gasteiger partial charge is 0.464 e. The van der Waals surface area contributed by atoms with E-state index in [0.717, 1.165) is 39.7 Å². The number of esters is 5. The molecule has 1 aromatic carbocycles. The van der Waals surface area contributed by atoms with Crippen LogP contribution in [0.15, 0.2) is 42.1 Å². The molecular weight excluding hydrogens is 636 g/mol. The lowest BCUT2D eigenvalue weighted by molar-refractivity contribution is -0.214. The van der Waals surface area contributed by atoms with Crippen molar-refractivity contribution in [2.24, 2.45) is 0 Å². The lowest BCUT2D eigenvalue weighted by Crippen LogP contribution is -2.71. The van der Waals surface area contributed by atoms with E-state index in [0.29, 0.717) is 5.56 Å². The number of piperidine rings is 1. The molecule has 16 nitrogen and oxygen atoms in total. The molecule has 1 aliphatic rings. The topological polar surface area (TPSA) is 199 Å². The number of hydrogen-bond acceptors (Lipinski definition) is 14. The first-order chi connectivity index (χ1) is 22.4. The lowest BCUT2D eigenvalue weighted by atomic mass is 9.85. The number of rotatable bonds is 11. The first kappa shape index (κ1) is 39.0. The Morgan fingerprint density at radius 1 is 0.771 bits per heavy atom. The van der Waals surface area contributed by atoms with Crippen molar-refractivity contribution < 1.29 is 66.7 Å². The summed E-state index contributed by atoms with van der Waals surface area (Å²) in [6.07, 6.45) is -5.89. The fourth-order valence-corrected chi connectivity index (χ4v) is 4.83. The molecule has 5 atom stereocenters. The zero-order chi connectivity index (χ0) is 36.2. The minimum atomic E-state index is -1.55. The minimum Gasteiger partial charge on any atom is -0.464 e. The average molecular weight is 679 g/mol. The molecule has 2 rings (SSSR count). The van der Waals surface area contributed by atoms with Gasteiger partial charge in [0.25, 0.3) is 0 Å². The zero-order valence-corrected chi connectivity index (χ0v) is 28.1. The molecule has 0 aliphatic carbocycles. The van der Waals surface area contributed by atoms with Gasteiger partial charge in [-0.3, -0.25) is 29.4 Å². The predicted octanol–water partition coefficient (Wildman–Crippen LogP) is 2.71. The second-order valence-corrected chi connectivity index (χ2v) is 11.6. The third-order valence-corrected chi connectivity index (χ3v) is 6.50. The Kier molecular flexibility index (Phi) is 14.4. The fourth-order valence-electron chi connectivity index (χ4n) is 4.83. The first-order valence-electron chi connectivity index (χ1n) is 14.9. The van der Waals surface area contributed by atoms with E-state index in [-0.39, 0.29) is 13.0 Å². The highest BCUT2D eigenvalue weighted by molar-refractivity contribution is 5.92. The number of nitrogens with one attached hydrogen (secondary N) is 1. The molecular formula is C32H42N2O14. The van der Waals surface area contributed by atoms with Gasteiger partial charge in [-0.2, -0.15) is 0 Å². The Labute approximate surface area is 277 Å². The standard InChI is InChI=1S/C32H42N2O14/c1-18(35)43-17-25-27(46-20(3)37)28(47-21(4)38)26(45-19(2)36)24(34(25)31(41)44-16-22-12-10-9-11-13-22)15-14-23(29(39)42-8)33-30(40)48-32(5,6)7/h9-14,24-28H,15-17H2,1-8H3,(H,33,40)/b23-14+/t24-,25-,26+,27-,28-/m1/s1. The zero-order valence-electron chi connectivity index (χ0n) is 28.1. The summed E-state index contributed by atoms with van der Waals surface area (Å²) in [7, 11) is 1.07. The van der Waals surface area contributed by atoms with Crippen LogP contribution in [0, 0.1) is 0 Å². The molecule has 1 saturated heterocycles. The number of alkyl carbamates (subject to hydrolysis) is 1. The van der Waals surface area contributed by atoms with Crippen LogP contribution in [-0.2, 0) is 63.7 Å². The van der Waals surface area contributed by atoms with E-state index in [1.54, 1.807) is 51.1 Å².